The SMILES string of the molecule is CC(C)(C(=O)C1CCOC1)c1ccc(N)cc1. The van der Waals surface area contributed by atoms with Gasteiger partial charge in [-0.25, -0.2) is 0 Å². The summed E-state index contributed by atoms with van der Waals surface area (Å²) in [5.74, 6) is 0.308. The Hall–Kier alpha value is -1.35. The lowest BCUT2D eigenvalue weighted by Gasteiger charge is -2.26. The Morgan fingerprint density at radius 3 is 2.53 bits per heavy atom. The molecule has 17 heavy (non-hydrogen) atoms. The molecule has 2 N–H and O–H groups in total. The highest BCUT2D eigenvalue weighted by atomic mass is 16.5. The molecule has 1 unspecified atom stereocenters. The van der Waals surface area contributed by atoms with Crippen LogP contribution in [0.4, 0.5) is 5.69 Å². The van der Waals surface area contributed by atoms with E-state index in [0.29, 0.717) is 13.2 Å². The van der Waals surface area contributed by atoms with Crippen molar-refractivity contribution in [2.75, 3.05) is 18.9 Å². The van der Waals surface area contributed by atoms with Crippen molar-refractivity contribution in [3.8, 4) is 0 Å². The summed E-state index contributed by atoms with van der Waals surface area (Å²) in [5, 5.41) is 0. The van der Waals surface area contributed by atoms with E-state index in [1.807, 2.05) is 38.1 Å². The van der Waals surface area contributed by atoms with Crippen LogP contribution in [0.25, 0.3) is 0 Å². The lowest BCUT2D eigenvalue weighted by atomic mass is 9.75. The van der Waals surface area contributed by atoms with Crippen LogP contribution < -0.4 is 5.73 Å². The number of anilines is 1. The van der Waals surface area contributed by atoms with Gasteiger partial charge in [0.15, 0.2) is 0 Å². The predicted molar refractivity (Wildman–Crippen MR) is 67.8 cm³/mol. The molecule has 0 bridgehead atoms. The number of Topliss-reactive ketones (excluding diaryl/α,β-unsaturated/α-hetero) is 1. The van der Waals surface area contributed by atoms with Crippen LogP contribution in [0.2, 0.25) is 0 Å². The van der Waals surface area contributed by atoms with E-state index in [-0.39, 0.29) is 11.7 Å². The van der Waals surface area contributed by atoms with Crippen LogP contribution >= 0.6 is 0 Å². The fourth-order valence-corrected chi connectivity index (χ4v) is 2.29. The van der Waals surface area contributed by atoms with E-state index in [1.54, 1.807) is 0 Å². The number of ketones is 1. The molecular weight excluding hydrogens is 214 g/mol. The molecule has 1 aliphatic heterocycles. The van der Waals surface area contributed by atoms with Gasteiger partial charge in [-0.05, 0) is 38.0 Å². The molecule has 0 aromatic heterocycles. The molecule has 0 saturated carbocycles. The maximum absolute atomic E-state index is 12.4. The van der Waals surface area contributed by atoms with Gasteiger partial charge in [0.1, 0.15) is 5.78 Å². The van der Waals surface area contributed by atoms with Crippen LogP contribution in [0.3, 0.4) is 0 Å². The van der Waals surface area contributed by atoms with E-state index >= 15 is 0 Å². The summed E-state index contributed by atoms with van der Waals surface area (Å²) < 4.78 is 5.29. The summed E-state index contributed by atoms with van der Waals surface area (Å²) in [6.07, 6.45) is 0.844. The summed E-state index contributed by atoms with van der Waals surface area (Å²) in [4.78, 5) is 12.4. The largest absolute Gasteiger partial charge is 0.399 e. The molecule has 0 radical (unpaired) electrons. The molecule has 1 aromatic rings. The minimum Gasteiger partial charge on any atom is -0.399 e. The lowest BCUT2D eigenvalue weighted by Crippen LogP contribution is -2.35. The van der Waals surface area contributed by atoms with Gasteiger partial charge in [0.05, 0.1) is 6.61 Å². The highest BCUT2D eigenvalue weighted by Gasteiger charge is 2.36. The molecule has 92 valence electrons. The van der Waals surface area contributed by atoms with Crippen molar-refractivity contribution in [2.45, 2.75) is 25.7 Å². The first-order valence-electron chi connectivity index (χ1n) is 6.00. The second-order valence-electron chi connectivity index (χ2n) is 5.17. The summed E-state index contributed by atoms with van der Waals surface area (Å²) in [6, 6.07) is 7.55. The molecule has 1 saturated heterocycles. The van der Waals surface area contributed by atoms with Crippen molar-refractivity contribution in [1.82, 2.24) is 0 Å². The number of ether oxygens (including phenoxy) is 1. The Morgan fingerprint density at radius 2 is 2.00 bits per heavy atom. The van der Waals surface area contributed by atoms with E-state index < -0.39 is 5.41 Å². The van der Waals surface area contributed by atoms with Gasteiger partial charge < -0.3 is 10.5 Å². The second-order valence-corrected chi connectivity index (χ2v) is 5.17. The van der Waals surface area contributed by atoms with Gasteiger partial charge in [-0.15, -0.1) is 0 Å². The molecular formula is C14H19NO2. The first-order valence-corrected chi connectivity index (χ1v) is 6.00. The van der Waals surface area contributed by atoms with Gasteiger partial charge in [-0.3, -0.25) is 4.79 Å². The Balaban J connectivity index is 2.22. The van der Waals surface area contributed by atoms with Crippen LogP contribution in [0, 0.1) is 5.92 Å². The van der Waals surface area contributed by atoms with E-state index in [9.17, 15) is 4.79 Å². The Bertz CT molecular complexity index is 403. The second kappa shape index (κ2) is 4.49. The highest BCUT2D eigenvalue weighted by molar-refractivity contribution is 5.91. The molecule has 1 aliphatic rings. The van der Waals surface area contributed by atoms with Crippen molar-refractivity contribution >= 4 is 11.5 Å². The molecule has 1 fully saturated rings. The maximum Gasteiger partial charge on any atom is 0.148 e. The Morgan fingerprint density at radius 1 is 1.35 bits per heavy atom. The minimum atomic E-state index is -0.466. The monoisotopic (exact) mass is 233 g/mol. The number of nitrogen functional groups attached to an aromatic ring is 1. The molecule has 0 spiro atoms. The standard InChI is InChI=1S/C14H19NO2/c1-14(2,11-3-5-12(15)6-4-11)13(16)10-7-8-17-9-10/h3-6,10H,7-9,15H2,1-2H3. The smallest absolute Gasteiger partial charge is 0.148 e. The number of nitrogens with two attached hydrogens (primary N) is 1. The van der Waals surface area contributed by atoms with Gasteiger partial charge in [0.25, 0.3) is 0 Å². The summed E-state index contributed by atoms with van der Waals surface area (Å²) in [5.41, 5.74) is 6.94. The number of hydrogen-bond acceptors (Lipinski definition) is 3. The molecule has 0 aliphatic carbocycles. The number of benzene rings is 1. The van der Waals surface area contributed by atoms with E-state index in [2.05, 4.69) is 0 Å². The fraction of sp³-hybridized carbons (Fsp3) is 0.500. The van der Waals surface area contributed by atoms with E-state index in [1.165, 1.54) is 0 Å². The zero-order valence-electron chi connectivity index (χ0n) is 10.4. The van der Waals surface area contributed by atoms with Crippen LogP contribution in [-0.2, 0) is 14.9 Å². The predicted octanol–water partition coefficient (Wildman–Crippen LogP) is 2.15. The molecule has 1 aromatic carbocycles. The third-order valence-electron chi connectivity index (χ3n) is 3.55. The van der Waals surface area contributed by atoms with Crippen LogP contribution in [0.15, 0.2) is 24.3 Å². The normalized spacial score (nSPS) is 20.5. The van der Waals surface area contributed by atoms with Crippen molar-refractivity contribution in [1.29, 1.82) is 0 Å². The van der Waals surface area contributed by atoms with Crippen LogP contribution in [0.1, 0.15) is 25.8 Å². The van der Waals surface area contributed by atoms with E-state index in [0.717, 1.165) is 17.7 Å². The first kappa shape index (κ1) is 12.1. The van der Waals surface area contributed by atoms with Gasteiger partial charge in [0, 0.05) is 23.6 Å². The van der Waals surface area contributed by atoms with Gasteiger partial charge >= 0.3 is 0 Å². The van der Waals surface area contributed by atoms with E-state index in [4.69, 9.17) is 10.5 Å². The van der Waals surface area contributed by atoms with Gasteiger partial charge in [-0.2, -0.15) is 0 Å². The van der Waals surface area contributed by atoms with Crippen LogP contribution in [-0.4, -0.2) is 19.0 Å². The van der Waals surface area contributed by atoms with Crippen molar-refractivity contribution in [3.63, 3.8) is 0 Å². The minimum absolute atomic E-state index is 0.0440. The highest BCUT2D eigenvalue weighted by Crippen LogP contribution is 2.30. The quantitative estimate of drug-likeness (QED) is 0.814. The van der Waals surface area contributed by atoms with Gasteiger partial charge in [0.2, 0.25) is 0 Å². The number of carbonyl (C=O) groups is 1. The average Bonchev–Trinajstić information content (AvgIpc) is 2.82. The zero-order valence-corrected chi connectivity index (χ0v) is 10.4. The summed E-state index contributed by atoms with van der Waals surface area (Å²) in [7, 11) is 0. The molecule has 2 rings (SSSR count). The third-order valence-corrected chi connectivity index (χ3v) is 3.55. The number of rotatable bonds is 3. The fourth-order valence-electron chi connectivity index (χ4n) is 2.29. The zero-order chi connectivity index (χ0) is 12.5. The third kappa shape index (κ3) is 2.34. The summed E-state index contributed by atoms with van der Waals surface area (Å²) in [6.45, 7) is 5.21. The lowest BCUT2D eigenvalue weighted by molar-refractivity contribution is -0.127. The maximum atomic E-state index is 12.4. The molecule has 3 heteroatoms. The van der Waals surface area contributed by atoms with Crippen LogP contribution in [0.5, 0.6) is 0 Å². The molecule has 1 atom stereocenters. The molecule has 1 heterocycles. The van der Waals surface area contributed by atoms with Crippen molar-refractivity contribution in [2.24, 2.45) is 5.92 Å². The number of carbonyl (C=O) groups excluding carboxylic acids is 1. The number of hydrogen-bond donors (Lipinski definition) is 1. The average molecular weight is 233 g/mol. The van der Waals surface area contributed by atoms with Gasteiger partial charge in [-0.1, -0.05) is 12.1 Å². The Kier molecular flexibility index (Phi) is 3.20. The van der Waals surface area contributed by atoms with Crippen molar-refractivity contribution < 1.29 is 9.53 Å². The summed E-state index contributed by atoms with van der Waals surface area (Å²) >= 11 is 0. The topological polar surface area (TPSA) is 52.3 Å². The molecule has 0 amide bonds. The first-order chi connectivity index (χ1) is 8.01. The molecule has 3 nitrogen and oxygen atoms in total. The Labute approximate surface area is 102 Å². The van der Waals surface area contributed by atoms with Crippen molar-refractivity contribution in [3.05, 3.63) is 29.8 Å².